The van der Waals surface area contributed by atoms with Crippen LogP contribution in [0.5, 0.6) is 0 Å². The van der Waals surface area contributed by atoms with Crippen LogP contribution in [0.4, 0.5) is 0 Å². The highest BCUT2D eigenvalue weighted by molar-refractivity contribution is 14.1. The minimum absolute atomic E-state index is 0.753. The van der Waals surface area contributed by atoms with Crippen molar-refractivity contribution < 1.29 is 4.74 Å². The summed E-state index contributed by atoms with van der Waals surface area (Å²) in [5, 5.41) is 3.35. The highest BCUT2D eigenvalue weighted by Crippen LogP contribution is 2.09. The summed E-state index contributed by atoms with van der Waals surface area (Å²) in [6, 6.07) is 10.8. The molecule has 2 aromatic rings. The van der Waals surface area contributed by atoms with Gasteiger partial charge in [0.1, 0.15) is 0 Å². The topological polar surface area (TPSA) is 26.2 Å². The first kappa shape index (κ1) is 14.6. The molecule has 3 nitrogen and oxygen atoms in total. The van der Waals surface area contributed by atoms with E-state index in [-0.39, 0.29) is 0 Å². The molecule has 102 valence electrons. The van der Waals surface area contributed by atoms with Crippen molar-refractivity contribution in [2.24, 2.45) is 0 Å². The van der Waals surface area contributed by atoms with Crippen molar-refractivity contribution in [3.8, 4) is 0 Å². The molecular weight excluding hydrogens is 351 g/mol. The van der Waals surface area contributed by atoms with Crippen molar-refractivity contribution in [3.05, 3.63) is 57.4 Å². The van der Waals surface area contributed by atoms with Crippen molar-refractivity contribution in [2.75, 3.05) is 20.3 Å². The Bertz CT molecular complexity index is 493. The Hall–Kier alpha value is -0.850. The number of ether oxygens (including phenoxy) is 1. The molecular formula is C15H19IN2O. The van der Waals surface area contributed by atoms with E-state index in [1.54, 1.807) is 7.11 Å². The Morgan fingerprint density at radius 2 is 1.95 bits per heavy atom. The fraction of sp³-hybridized carbons (Fsp3) is 0.333. The number of halogens is 1. The summed E-state index contributed by atoms with van der Waals surface area (Å²) < 4.78 is 8.50. The van der Waals surface area contributed by atoms with Gasteiger partial charge in [-0.25, -0.2) is 0 Å². The van der Waals surface area contributed by atoms with Crippen LogP contribution in [0.15, 0.2) is 42.7 Å². The standard InChI is InChI=1S/C15H19IN2O/c1-19-9-7-17-10-14-6-8-18(12-14)11-13-2-4-15(16)5-3-13/h2-6,8,12,17H,7,9-11H2,1H3. The summed E-state index contributed by atoms with van der Waals surface area (Å²) in [5.74, 6) is 0. The van der Waals surface area contributed by atoms with E-state index in [1.807, 2.05) is 0 Å². The second-order valence-electron chi connectivity index (χ2n) is 4.49. The fourth-order valence-electron chi connectivity index (χ4n) is 1.90. The van der Waals surface area contributed by atoms with Gasteiger partial charge in [0.15, 0.2) is 0 Å². The molecule has 0 aliphatic heterocycles. The van der Waals surface area contributed by atoms with Gasteiger partial charge in [0.05, 0.1) is 6.61 Å². The number of benzene rings is 1. The average Bonchev–Trinajstić information content (AvgIpc) is 2.85. The summed E-state index contributed by atoms with van der Waals surface area (Å²) in [5.41, 5.74) is 2.64. The van der Waals surface area contributed by atoms with E-state index in [4.69, 9.17) is 4.74 Å². The normalized spacial score (nSPS) is 10.8. The van der Waals surface area contributed by atoms with Crippen LogP contribution in [-0.2, 0) is 17.8 Å². The maximum atomic E-state index is 5.01. The van der Waals surface area contributed by atoms with Gasteiger partial charge in [-0.15, -0.1) is 0 Å². The van der Waals surface area contributed by atoms with E-state index in [1.165, 1.54) is 14.7 Å². The number of nitrogens with one attached hydrogen (secondary N) is 1. The maximum absolute atomic E-state index is 5.01. The van der Waals surface area contributed by atoms with Gasteiger partial charge in [-0.2, -0.15) is 0 Å². The van der Waals surface area contributed by atoms with Crippen LogP contribution in [0.25, 0.3) is 0 Å². The molecule has 1 aromatic heterocycles. The lowest BCUT2D eigenvalue weighted by molar-refractivity contribution is 0.199. The molecule has 1 heterocycles. The third kappa shape index (κ3) is 4.97. The quantitative estimate of drug-likeness (QED) is 0.599. The first-order valence-corrected chi connectivity index (χ1v) is 7.44. The van der Waals surface area contributed by atoms with Gasteiger partial charge in [-0.3, -0.25) is 0 Å². The summed E-state index contributed by atoms with van der Waals surface area (Å²) in [6.07, 6.45) is 4.32. The van der Waals surface area contributed by atoms with Crippen molar-refractivity contribution in [1.82, 2.24) is 9.88 Å². The molecule has 1 N–H and O–H groups in total. The second-order valence-corrected chi connectivity index (χ2v) is 5.73. The zero-order valence-electron chi connectivity index (χ0n) is 11.1. The first-order valence-electron chi connectivity index (χ1n) is 6.36. The highest BCUT2D eigenvalue weighted by atomic mass is 127. The lowest BCUT2D eigenvalue weighted by Crippen LogP contribution is -2.18. The Balaban J connectivity index is 1.85. The molecule has 0 spiro atoms. The zero-order valence-corrected chi connectivity index (χ0v) is 13.3. The van der Waals surface area contributed by atoms with Gasteiger partial charge in [0.25, 0.3) is 0 Å². The van der Waals surface area contributed by atoms with E-state index < -0.39 is 0 Å². The van der Waals surface area contributed by atoms with Gasteiger partial charge < -0.3 is 14.6 Å². The van der Waals surface area contributed by atoms with Crippen molar-refractivity contribution in [1.29, 1.82) is 0 Å². The fourth-order valence-corrected chi connectivity index (χ4v) is 2.26. The van der Waals surface area contributed by atoms with E-state index in [9.17, 15) is 0 Å². The van der Waals surface area contributed by atoms with E-state index in [2.05, 4.69) is 75.2 Å². The second kappa shape index (κ2) is 7.67. The third-order valence-corrected chi connectivity index (χ3v) is 3.62. The summed E-state index contributed by atoms with van der Waals surface area (Å²) in [7, 11) is 1.72. The molecule has 0 saturated heterocycles. The molecule has 0 saturated carbocycles. The van der Waals surface area contributed by atoms with Gasteiger partial charge >= 0.3 is 0 Å². The van der Waals surface area contributed by atoms with Gasteiger partial charge in [0, 0.05) is 42.7 Å². The summed E-state index contributed by atoms with van der Waals surface area (Å²) in [4.78, 5) is 0. The molecule has 0 atom stereocenters. The molecule has 2 rings (SSSR count). The summed E-state index contributed by atoms with van der Waals surface area (Å²) >= 11 is 2.33. The maximum Gasteiger partial charge on any atom is 0.0587 e. The van der Waals surface area contributed by atoms with Gasteiger partial charge in [0.2, 0.25) is 0 Å². The molecule has 0 fully saturated rings. The number of aromatic nitrogens is 1. The molecule has 0 amide bonds. The Morgan fingerprint density at radius 1 is 1.16 bits per heavy atom. The first-order chi connectivity index (χ1) is 9.28. The number of rotatable bonds is 7. The van der Waals surface area contributed by atoms with Crippen molar-refractivity contribution in [2.45, 2.75) is 13.1 Å². The largest absolute Gasteiger partial charge is 0.383 e. The van der Waals surface area contributed by atoms with Gasteiger partial charge in [-0.05, 0) is 51.9 Å². The van der Waals surface area contributed by atoms with E-state index in [0.717, 1.165) is 26.2 Å². The Kier molecular flexibility index (Phi) is 5.88. The monoisotopic (exact) mass is 370 g/mol. The van der Waals surface area contributed by atoms with Crippen LogP contribution in [0.1, 0.15) is 11.1 Å². The molecule has 0 radical (unpaired) electrons. The van der Waals surface area contributed by atoms with Crippen LogP contribution in [0.2, 0.25) is 0 Å². The molecule has 0 bridgehead atoms. The molecule has 4 heteroatoms. The third-order valence-electron chi connectivity index (χ3n) is 2.90. The molecule has 19 heavy (non-hydrogen) atoms. The van der Waals surface area contributed by atoms with Crippen LogP contribution in [0.3, 0.4) is 0 Å². The molecule has 1 aromatic carbocycles. The SMILES string of the molecule is COCCNCc1ccn(Cc2ccc(I)cc2)c1. The summed E-state index contributed by atoms with van der Waals surface area (Å²) in [6.45, 7) is 3.46. The van der Waals surface area contributed by atoms with Crippen molar-refractivity contribution >= 4 is 22.6 Å². The van der Waals surface area contributed by atoms with E-state index >= 15 is 0 Å². The number of methoxy groups -OCH3 is 1. The smallest absolute Gasteiger partial charge is 0.0587 e. The van der Waals surface area contributed by atoms with Gasteiger partial charge in [-0.1, -0.05) is 12.1 Å². The zero-order chi connectivity index (χ0) is 13.5. The predicted octanol–water partition coefficient (Wildman–Crippen LogP) is 2.88. The van der Waals surface area contributed by atoms with Crippen LogP contribution < -0.4 is 5.32 Å². The lowest BCUT2D eigenvalue weighted by atomic mass is 10.2. The average molecular weight is 370 g/mol. The van der Waals surface area contributed by atoms with Crippen LogP contribution in [-0.4, -0.2) is 24.8 Å². The van der Waals surface area contributed by atoms with Crippen LogP contribution >= 0.6 is 22.6 Å². The molecule has 0 unspecified atom stereocenters. The minimum atomic E-state index is 0.753. The number of hydrogen-bond acceptors (Lipinski definition) is 2. The minimum Gasteiger partial charge on any atom is -0.383 e. The predicted molar refractivity (Wildman–Crippen MR) is 86.3 cm³/mol. The molecule has 0 aliphatic carbocycles. The Labute approximate surface area is 128 Å². The number of hydrogen-bond donors (Lipinski definition) is 1. The number of nitrogens with zero attached hydrogens (tertiary/aromatic N) is 1. The van der Waals surface area contributed by atoms with Crippen LogP contribution in [0, 0.1) is 3.57 Å². The van der Waals surface area contributed by atoms with Crippen molar-refractivity contribution in [3.63, 3.8) is 0 Å². The highest BCUT2D eigenvalue weighted by Gasteiger charge is 1.98. The Morgan fingerprint density at radius 3 is 2.68 bits per heavy atom. The lowest BCUT2D eigenvalue weighted by Gasteiger charge is -2.04. The molecule has 0 aliphatic rings. The van der Waals surface area contributed by atoms with E-state index in [0.29, 0.717) is 0 Å².